The molecule has 0 aliphatic rings. The Kier molecular flexibility index (Phi) is 3.15. The molecule has 2 aromatic rings. The zero-order valence-corrected chi connectivity index (χ0v) is 10.5. The van der Waals surface area contributed by atoms with Crippen molar-refractivity contribution in [3.05, 3.63) is 46.3 Å². The minimum Gasteiger partial charge on any atom is -0.478 e. The number of thiophene rings is 1. The lowest BCUT2D eigenvalue weighted by Gasteiger charge is -2.08. The van der Waals surface area contributed by atoms with Crippen molar-refractivity contribution in [2.45, 2.75) is 13.8 Å². The molecular weight excluding hydrogens is 234 g/mol. The summed E-state index contributed by atoms with van der Waals surface area (Å²) >= 11 is 1.63. The first kappa shape index (κ1) is 11.7. The van der Waals surface area contributed by atoms with E-state index < -0.39 is 5.97 Å². The molecule has 88 valence electrons. The van der Waals surface area contributed by atoms with E-state index in [1.165, 1.54) is 4.88 Å². The molecule has 1 heterocycles. The van der Waals surface area contributed by atoms with E-state index in [1.54, 1.807) is 29.5 Å². The van der Waals surface area contributed by atoms with Crippen molar-refractivity contribution in [1.29, 1.82) is 0 Å². The summed E-state index contributed by atoms with van der Waals surface area (Å²) in [6.45, 7) is 4.04. The van der Waals surface area contributed by atoms with Gasteiger partial charge in [0.1, 0.15) is 0 Å². The van der Waals surface area contributed by atoms with Crippen LogP contribution in [0.3, 0.4) is 0 Å². The van der Waals surface area contributed by atoms with Gasteiger partial charge in [-0.05, 0) is 37.6 Å². The van der Waals surface area contributed by atoms with Crippen molar-refractivity contribution >= 4 is 28.0 Å². The normalized spacial score (nSPS) is 10.2. The van der Waals surface area contributed by atoms with Crippen LogP contribution in [-0.2, 0) is 0 Å². The fraction of sp³-hybridized carbons (Fsp3) is 0.154. The highest BCUT2D eigenvalue weighted by atomic mass is 32.1. The standard InChI is InChI=1S/C13H13NO2S/c1-8-7-9(2)17-12(8)14-11-6-4-3-5-10(11)13(15)16/h3-7,14H,1-2H3,(H,15,16). The molecule has 4 heteroatoms. The molecule has 0 aliphatic carbocycles. The summed E-state index contributed by atoms with van der Waals surface area (Å²) in [5.41, 5.74) is 2.05. The van der Waals surface area contributed by atoms with Crippen LogP contribution in [-0.4, -0.2) is 11.1 Å². The molecule has 0 bridgehead atoms. The Balaban J connectivity index is 2.36. The summed E-state index contributed by atoms with van der Waals surface area (Å²) in [4.78, 5) is 12.3. The van der Waals surface area contributed by atoms with Crippen molar-refractivity contribution in [2.75, 3.05) is 5.32 Å². The van der Waals surface area contributed by atoms with Gasteiger partial charge in [0.15, 0.2) is 0 Å². The lowest BCUT2D eigenvalue weighted by Crippen LogP contribution is -2.01. The topological polar surface area (TPSA) is 49.3 Å². The van der Waals surface area contributed by atoms with Crippen LogP contribution in [0.5, 0.6) is 0 Å². The molecule has 1 aromatic carbocycles. The van der Waals surface area contributed by atoms with Gasteiger partial charge in [0, 0.05) is 4.88 Å². The zero-order valence-electron chi connectivity index (χ0n) is 9.65. The van der Waals surface area contributed by atoms with E-state index in [-0.39, 0.29) is 5.56 Å². The van der Waals surface area contributed by atoms with Crippen molar-refractivity contribution < 1.29 is 9.90 Å². The minimum atomic E-state index is -0.918. The second kappa shape index (κ2) is 4.59. The lowest BCUT2D eigenvalue weighted by atomic mass is 10.2. The summed E-state index contributed by atoms with van der Waals surface area (Å²) in [5, 5.41) is 13.3. The van der Waals surface area contributed by atoms with Crippen LogP contribution in [0.25, 0.3) is 0 Å². The monoisotopic (exact) mass is 247 g/mol. The van der Waals surface area contributed by atoms with E-state index in [1.807, 2.05) is 19.9 Å². The number of carboxylic acid groups (broad SMARTS) is 1. The van der Waals surface area contributed by atoms with Gasteiger partial charge in [-0.25, -0.2) is 4.79 Å². The smallest absolute Gasteiger partial charge is 0.337 e. The molecular formula is C13H13NO2S. The number of benzene rings is 1. The van der Waals surface area contributed by atoms with Crippen LogP contribution in [0.15, 0.2) is 30.3 Å². The molecule has 2 N–H and O–H groups in total. The van der Waals surface area contributed by atoms with Crippen LogP contribution < -0.4 is 5.32 Å². The quantitative estimate of drug-likeness (QED) is 0.867. The number of nitrogens with one attached hydrogen (secondary N) is 1. The number of anilines is 2. The highest BCUT2D eigenvalue weighted by Gasteiger charge is 2.10. The molecule has 0 saturated heterocycles. The fourth-order valence-electron chi connectivity index (χ4n) is 1.67. The van der Waals surface area contributed by atoms with Gasteiger partial charge in [-0.15, -0.1) is 11.3 Å². The Morgan fingerprint density at radius 3 is 2.59 bits per heavy atom. The van der Waals surface area contributed by atoms with E-state index in [2.05, 4.69) is 11.4 Å². The number of hydrogen-bond donors (Lipinski definition) is 2. The van der Waals surface area contributed by atoms with Gasteiger partial charge < -0.3 is 10.4 Å². The number of aryl methyl sites for hydroxylation is 2. The molecule has 0 saturated carbocycles. The Bertz CT molecular complexity index is 560. The third-order valence-corrected chi connectivity index (χ3v) is 3.51. The molecule has 0 spiro atoms. The van der Waals surface area contributed by atoms with E-state index in [0.29, 0.717) is 5.69 Å². The maximum Gasteiger partial charge on any atom is 0.337 e. The van der Waals surface area contributed by atoms with Crippen molar-refractivity contribution in [1.82, 2.24) is 0 Å². The predicted molar refractivity (Wildman–Crippen MR) is 70.5 cm³/mol. The summed E-state index contributed by atoms with van der Waals surface area (Å²) in [6.07, 6.45) is 0. The van der Waals surface area contributed by atoms with E-state index in [0.717, 1.165) is 10.6 Å². The lowest BCUT2D eigenvalue weighted by molar-refractivity contribution is 0.0698. The molecule has 1 aromatic heterocycles. The third-order valence-electron chi connectivity index (χ3n) is 2.45. The summed E-state index contributed by atoms with van der Waals surface area (Å²) in [5.74, 6) is -0.918. The predicted octanol–water partition coefficient (Wildman–Crippen LogP) is 3.81. The molecule has 2 rings (SSSR count). The summed E-state index contributed by atoms with van der Waals surface area (Å²) in [6, 6.07) is 9.00. The molecule has 0 unspecified atom stereocenters. The SMILES string of the molecule is Cc1cc(C)c(Nc2ccccc2C(=O)O)s1. The number of carbonyl (C=O) groups is 1. The Morgan fingerprint density at radius 1 is 1.29 bits per heavy atom. The number of carboxylic acids is 1. The summed E-state index contributed by atoms with van der Waals surface area (Å²) < 4.78 is 0. The molecule has 0 radical (unpaired) electrons. The van der Waals surface area contributed by atoms with Crippen LogP contribution in [0.4, 0.5) is 10.7 Å². The van der Waals surface area contributed by atoms with Crippen molar-refractivity contribution in [3.63, 3.8) is 0 Å². The Morgan fingerprint density at radius 2 is 2.00 bits per heavy atom. The average Bonchev–Trinajstić information content (AvgIpc) is 2.58. The molecule has 0 atom stereocenters. The highest BCUT2D eigenvalue weighted by Crippen LogP contribution is 2.30. The van der Waals surface area contributed by atoms with Gasteiger partial charge in [0.25, 0.3) is 0 Å². The van der Waals surface area contributed by atoms with E-state index >= 15 is 0 Å². The Labute approximate surface area is 104 Å². The highest BCUT2D eigenvalue weighted by molar-refractivity contribution is 7.16. The van der Waals surface area contributed by atoms with Gasteiger partial charge in [-0.2, -0.15) is 0 Å². The second-order valence-electron chi connectivity index (χ2n) is 3.84. The minimum absolute atomic E-state index is 0.290. The Hall–Kier alpha value is -1.81. The first-order valence-corrected chi connectivity index (χ1v) is 6.06. The average molecular weight is 247 g/mol. The number of aromatic carboxylic acids is 1. The van der Waals surface area contributed by atoms with Crippen LogP contribution >= 0.6 is 11.3 Å². The zero-order chi connectivity index (χ0) is 12.4. The molecule has 0 amide bonds. The van der Waals surface area contributed by atoms with Gasteiger partial charge in [-0.3, -0.25) is 0 Å². The van der Waals surface area contributed by atoms with Gasteiger partial charge >= 0.3 is 5.97 Å². The van der Waals surface area contributed by atoms with Gasteiger partial charge in [-0.1, -0.05) is 12.1 Å². The fourth-order valence-corrected chi connectivity index (χ4v) is 2.60. The van der Waals surface area contributed by atoms with Crippen molar-refractivity contribution in [2.24, 2.45) is 0 Å². The van der Waals surface area contributed by atoms with Gasteiger partial charge in [0.2, 0.25) is 0 Å². The maximum absolute atomic E-state index is 11.1. The molecule has 0 fully saturated rings. The van der Waals surface area contributed by atoms with E-state index in [4.69, 9.17) is 5.11 Å². The largest absolute Gasteiger partial charge is 0.478 e. The van der Waals surface area contributed by atoms with Crippen LogP contribution in [0.2, 0.25) is 0 Å². The number of para-hydroxylation sites is 1. The molecule has 3 nitrogen and oxygen atoms in total. The van der Waals surface area contributed by atoms with E-state index in [9.17, 15) is 4.79 Å². The van der Waals surface area contributed by atoms with Gasteiger partial charge in [0.05, 0.1) is 16.3 Å². The van der Waals surface area contributed by atoms with Crippen LogP contribution in [0.1, 0.15) is 20.8 Å². The van der Waals surface area contributed by atoms with Crippen molar-refractivity contribution in [3.8, 4) is 0 Å². The second-order valence-corrected chi connectivity index (χ2v) is 5.10. The van der Waals surface area contributed by atoms with Crippen LogP contribution in [0, 0.1) is 13.8 Å². The maximum atomic E-state index is 11.1. The number of hydrogen-bond acceptors (Lipinski definition) is 3. The number of rotatable bonds is 3. The summed E-state index contributed by atoms with van der Waals surface area (Å²) in [7, 11) is 0. The first-order valence-electron chi connectivity index (χ1n) is 5.24. The first-order chi connectivity index (χ1) is 8.08. The molecule has 17 heavy (non-hydrogen) atoms. The molecule has 0 aliphatic heterocycles. The third kappa shape index (κ3) is 2.47.